The van der Waals surface area contributed by atoms with Gasteiger partial charge >= 0.3 is 5.97 Å². The molecular weight excluding hydrogens is 460 g/mol. The second kappa shape index (κ2) is 12.4. The molecule has 2 aromatic carbocycles. The van der Waals surface area contributed by atoms with E-state index in [1.807, 2.05) is 42.1 Å². The molecule has 0 aliphatic carbocycles. The molecule has 1 saturated heterocycles. The molecule has 1 aliphatic rings. The van der Waals surface area contributed by atoms with E-state index in [4.69, 9.17) is 4.74 Å². The predicted molar refractivity (Wildman–Crippen MR) is 140 cm³/mol. The van der Waals surface area contributed by atoms with Gasteiger partial charge in [-0.05, 0) is 79.6 Å². The van der Waals surface area contributed by atoms with Crippen molar-refractivity contribution in [3.05, 3.63) is 66.4 Å². The van der Waals surface area contributed by atoms with Crippen LogP contribution in [0.1, 0.15) is 37.4 Å². The van der Waals surface area contributed by atoms with Crippen LogP contribution in [-0.2, 0) is 4.79 Å². The number of aromatic nitrogens is 1. The van der Waals surface area contributed by atoms with Crippen molar-refractivity contribution in [1.82, 2.24) is 9.88 Å². The number of fused-ring (bicyclic) bond motifs is 1. The quantitative estimate of drug-likeness (QED) is 0.352. The number of aliphatic hydroxyl groups excluding tert-OH is 1. The average Bonchev–Trinajstić information content (AvgIpc) is 2.87. The first-order chi connectivity index (χ1) is 17.0. The maximum absolute atomic E-state index is 11.6. The second-order valence-electron chi connectivity index (χ2n) is 9.25. The van der Waals surface area contributed by atoms with Crippen LogP contribution in [0, 0.1) is 11.8 Å². The molecule has 7 heteroatoms. The molecule has 0 saturated carbocycles. The van der Waals surface area contributed by atoms with Gasteiger partial charge in [-0.25, -0.2) is 0 Å². The number of carboxylic acids is 1. The number of benzene rings is 2. The lowest BCUT2D eigenvalue weighted by atomic mass is 9.79. The fourth-order valence-electron chi connectivity index (χ4n) is 5.10. The SMILES string of the molecule is COc1ccc2nccc(C(O)CC[C@@H]3CCN(CCSc4ccccc4)C[C@@H]3CC(=O)O)c2c1. The van der Waals surface area contributed by atoms with Crippen LogP contribution in [0.2, 0.25) is 0 Å². The van der Waals surface area contributed by atoms with E-state index in [1.54, 1.807) is 13.3 Å². The number of methoxy groups -OCH3 is 1. The van der Waals surface area contributed by atoms with E-state index in [-0.39, 0.29) is 12.3 Å². The number of rotatable bonds is 11. The van der Waals surface area contributed by atoms with E-state index in [1.165, 1.54) is 4.90 Å². The topological polar surface area (TPSA) is 82.9 Å². The molecule has 0 spiro atoms. The number of hydrogen-bond acceptors (Lipinski definition) is 6. The van der Waals surface area contributed by atoms with Gasteiger partial charge in [0.15, 0.2) is 0 Å². The molecule has 2 N–H and O–H groups in total. The Morgan fingerprint density at radius 3 is 2.80 bits per heavy atom. The highest BCUT2D eigenvalue weighted by atomic mass is 32.2. The highest BCUT2D eigenvalue weighted by Gasteiger charge is 2.31. The molecule has 1 unspecified atom stereocenters. The average molecular weight is 495 g/mol. The summed E-state index contributed by atoms with van der Waals surface area (Å²) in [4.78, 5) is 19.7. The molecule has 1 aliphatic heterocycles. The Morgan fingerprint density at radius 1 is 1.20 bits per heavy atom. The smallest absolute Gasteiger partial charge is 0.303 e. The van der Waals surface area contributed by atoms with Crippen LogP contribution in [0.15, 0.2) is 65.7 Å². The van der Waals surface area contributed by atoms with Gasteiger partial charge in [0.25, 0.3) is 0 Å². The first-order valence-electron chi connectivity index (χ1n) is 12.3. The molecule has 4 rings (SSSR count). The number of carbonyl (C=O) groups is 1. The Hall–Kier alpha value is -2.61. The Balaban J connectivity index is 1.35. The van der Waals surface area contributed by atoms with Gasteiger partial charge < -0.3 is 19.8 Å². The Bertz CT molecular complexity index is 1110. The third kappa shape index (κ3) is 6.97. The van der Waals surface area contributed by atoms with Gasteiger partial charge in [0.1, 0.15) is 5.75 Å². The number of thioether (sulfide) groups is 1. The first-order valence-corrected chi connectivity index (χ1v) is 13.2. The van der Waals surface area contributed by atoms with Gasteiger partial charge in [0.05, 0.1) is 18.7 Å². The second-order valence-corrected chi connectivity index (χ2v) is 10.4. The standard InChI is InChI=1S/C28H34N2O4S/c1-34-22-8-9-26-25(18-22)24(11-13-29-26)27(31)10-7-20-12-14-30(19-21(20)17-28(32)33)15-16-35-23-5-3-2-4-6-23/h2-6,8-9,11,13,18,20-21,27,31H,7,10,12,14-17,19H2,1H3,(H,32,33)/t20-,21+,27?/m1/s1. The zero-order chi connectivity index (χ0) is 24.6. The fraction of sp³-hybridized carbons (Fsp3) is 0.429. The number of hydrogen-bond donors (Lipinski definition) is 2. The summed E-state index contributed by atoms with van der Waals surface area (Å²) in [6.07, 6.45) is 3.65. The molecule has 1 fully saturated rings. The van der Waals surface area contributed by atoms with Crippen LogP contribution in [0.5, 0.6) is 5.75 Å². The number of carboxylic acid groups (broad SMARTS) is 1. The summed E-state index contributed by atoms with van der Waals surface area (Å²) >= 11 is 1.84. The lowest BCUT2D eigenvalue weighted by Gasteiger charge is -2.38. The van der Waals surface area contributed by atoms with E-state index in [0.717, 1.165) is 60.4 Å². The largest absolute Gasteiger partial charge is 0.497 e. The highest BCUT2D eigenvalue weighted by molar-refractivity contribution is 7.99. The Labute approximate surface area is 211 Å². The van der Waals surface area contributed by atoms with Crippen LogP contribution in [0.3, 0.4) is 0 Å². The number of aliphatic carboxylic acids is 1. The van der Waals surface area contributed by atoms with Crippen LogP contribution in [0.4, 0.5) is 0 Å². The van der Waals surface area contributed by atoms with Crippen molar-refractivity contribution in [1.29, 1.82) is 0 Å². The number of pyridine rings is 1. The minimum atomic E-state index is -0.742. The Morgan fingerprint density at radius 2 is 2.03 bits per heavy atom. The molecule has 1 aromatic heterocycles. The molecule has 3 aromatic rings. The predicted octanol–water partition coefficient (Wildman–Crippen LogP) is 5.26. The fourth-order valence-corrected chi connectivity index (χ4v) is 6.03. The van der Waals surface area contributed by atoms with Gasteiger partial charge in [-0.3, -0.25) is 9.78 Å². The van der Waals surface area contributed by atoms with Crippen molar-refractivity contribution in [2.75, 3.05) is 32.5 Å². The lowest BCUT2D eigenvalue weighted by molar-refractivity contribution is -0.139. The van der Waals surface area contributed by atoms with Gasteiger partial charge in [0.2, 0.25) is 0 Å². The highest BCUT2D eigenvalue weighted by Crippen LogP contribution is 2.35. The summed E-state index contributed by atoms with van der Waals surface area (Å²) in [7, 11) is 1.63. The van der Waals surface area contributed by atoms with Crippen molar-refractivity contribution in [2.45, 2.75) is 36.7 Å². The van der Waals surface area contributed by atoms with Crippen LogP contribution in [0.25, 0.3) is 10.9 Å². The van der Waals surface area contributed by atoms with E-state index in [0.29, 0.717) is 12.3 Å². The summed E-state index contributed by atoms with van der Waals surface area (Å²) in [5.74, 6) is 1.38. The zero-order valence-corrected chi connectivity index (χ0v) is 21.0. The van der Waals surface area contributed by atoms with E-state index in [2.05, 4.69) is 34.1 Å². The number of piperidine rings is 1. The van der Waals surface area contributed by atoms with Gasteiger partial charge in [-0.15, -0.1) is 11.8 Å². The van der Waals surface area contributed by atoms with Crippen molar-refractivity contribution < 1.29 is 19.7 Å². The molecule has 2 heterocycles. The van der Waals surface area contributed by atoms with Gasteiger partial charge in [0, 0.05) is 41.7 Å². The number of nitrogens with zero attached hydrogens (tertiary/aromatic N) is 2. The Kier molecular flexibility index (Phi) is 9.01. The monoisotopic (exact) mass is 494 g/mol. The molecular formula is C28H34N2O4S. The van der Waals surface area contributed by atoms with E-state index in [9.17, 15) is 15.0 Å². The lowest BCUT2D eigenvalue weighted by Crippen LogP contribution is -2.42. The van der Waals surface area contributed by atoms with Crippen molar-refractivity contribution >= 4 is 28.6 Å². The third-order valence-electron chi connectivity index (χ3n) is 6.98. The zero-order valence-electron chi connectivity index (χ0n) is 20.2. The number of ether oxygens (including phenoxy) is 1. The van der Waals surface area contributed by atoms with Gasteiger partial charge in [-0.2, -0.15) is 0 Å². The molecule has 0 bridgehead atoms. The minimum Gasteiger partial charge on any atom is -0.497 e. The summed E-state index contributed by atoms with van der Waals surface area (Å²) in [6, 6.07) is 17.9. The van der Waals surface area contributed by atoms with E-state index >= 15 is 0 Å². The summed E-state index contributed by atoms with van der Waals surface area (Å²) < 4.78 is 5.36. The maximum Gasteiger partial charge on any atom is 0.303 e. The normalized spacial score (nSPS) is 19.5. The number of aliphatic hydroxyl groups is 1. The van der Waals surface area contributed by atoms with Crippen LogP contribution < -0.4 is 4.74 Å². The van der Waals surface area contributed by atoms with Crippen LogP contribution >= 0.6 is 11.8 Å². The summed E-state index contributed by atoms with van der Waals surface area (Å²) in [5, 5.41) is 21.5. The summed E-state index contributed by atoms with van der Waals surface area (Å²) in [5.41, 5.74) is 1.67. The van der Waals surface area contributed by atoms with Crippen molar-refractivity contribution in [3.8, 4) is 5.75 Å². The molecule has 6 nitrogen and oxygen atoms in total. The van der Waals surface area contributed by atoms with E-state index < -0.39 is 12.1 Å². The number of likely N-dealkylation sites (tertiary alicyclic amines) is 1. The molecule has 0 amide bonds. The molecule has 35 heavy (non-hydrogen) atoms. The minimum absolute atomic E-state index is 0.101. The van der Waals surface area contributed by atoms with Gasteiger partial charge in [-0.1, -0.05) is 18.2 Å². The van der Waals surface area contributed by atoms with Crippen molar-refractivity contribution in [2.24, 2.45) is 11.8 Å². The molecule has 0 radical (unpaired) electrons. The first kappa shape index (κ1) is 25.5. The molecule has 3 atom stereocenters. The maximum atomic E-state index is 11.6. The third-order valence-corrected chi connectivity index (χ3v) is 7.98. The van der Waals surface area contributed by atoms with Crippen LogP contribution in [-0.4, -0.2) is 58.6 Å². The summed E-state index contributed by atoms with van der Waals surface area (Å²) in [6.45, 7) is 2.73. The molecule has 186 valence electrons. The van der Waals surface area contributed by atoms with Crippen molar-refractivity contribution in [3.63, 3.8) is 0 Å².